The molecule has 1 amide bonds. The fourth-order valence-corrected chi connectivity index (χ4v) is 1.77. The molecule has 18 heavy (non-hydrogen) atoms. The summed E-state index contributed by atoms with van der Waals surface area (Å²) >= 11 is 0. The largest absolute Gasteiger partial charge is 0.480 e. The summed E-state index contributed by atoms with van der Waals surface area (Å²) in [6.45, 7) is 4.88. The summed E-state index contributed by atoms with van der Waals surface area (Å²) in [4.78, 5) is 22.9. The molecule has 0 spiro atoms. The van der Waals surface area contributed by atoms with Gasteiger partial charge >= 0.3 is 5.97 Å². The molecule has 2 atom stereocenters. The highest BCUT2D eigenvalue weighted by atomic mass is 16.4. The Morgan fingerprint density at radius 1 is 1.22 bits per heavy atom. The Bertz CT molecular complexity index is 448. The zero-order valence-electron chi connectivity index (χ0n) is 10.6. The average Bonchev–Trinajstić information content (AvgIpc) is 2.24. The Morgan fingerprint density at radius 2 is 1.72 bits per heavy atom. The summed E-state index contributed by atoms with van der Waals surface area (Å²) in [5.41, 5.74) is 1.98. The lowest BCUT2D eigenvalue weighted by Crippen LogP contribution is -2.47. The van der Waals surface area contributed by atoms with Gasteiger partial charge in [-0.3, -0.25) is 4.79 Å². The predicted octanol–water partition coefficient (Wildman–Crippen LogP) is 0.867. The molecular formula is C13H17NO4. The number of nitrogens with one attached hydrogen (secondary N) is 1. The molecule has 0 aliphatic rings. The molecular weight excluding hydrogens is 234 g/mol. The Hall–Kier alpha value is -1.88. The maximum Gasteiger partial charge on any atom is 0.328 e. The molecule has 98 valence electrons. The Labute approximate surface area is 105 Å². The maximum atomic E-state index is 12.0. The molecule has 5 nitrogen and oxygen atoms in total. The molecule has 0 aliphatic heterocycles. The number of aryl methyl sites for hydroxylation is 2. The van der Waals surface area contributed by atoms with E-state index < -0.39 is 24.0 Å². The van der Waals surface area contributed by atoms with Gasteiger partial charge in [0, 0.05) is 5.56 Å². The molecule has 0 saturated heterocycles. The van der Waals surface area contributed by atoms with Crippen LogP contribution in [0.5, 0.6) is 0 Å². The Kier molecular flexibility index (Phi) is 4.44. The van der Waals surface area contributed by atoms with Crippen LogP contribution in [0.3, 0.4) is 0 Å². The van der Waals surface area contributed by atoms with E-state index in [-0.39, 0.29) is 0 Å². The van der Waals surface area contributed by atoms with Crippen LogP contribution in [-0.4, -0.2) is 34.2 Å². The van der Waals surface area contributed by atoms with Gasteiger partial charge in [0.1, 0.15) is 0 Å². The lowest BCUT2D eigenvalue weighted by molar-refractivity contribution is -0.141. The van der Waals surface area contributed by atoms with Crippen molar-refractivity contribution < 1.29 is 19.8 Å². The van der Waals surface area contributed by atoms with Crippen LogP contribution < -0.4 is 5.32 Å². The van der Waals surface area contributed by atoms with Gasteiger partial charge in [-0.2, -0.15) is 0 Å². The van der Waals surface area contributed by atoms with E-state index in [1.165, 1.54) is 6.92 Å². The lowest BCUT2D eigenvalue weighted by Gasteiger charge is -2.18. The molecule has 0 heterocycles. The second-order valence-electron chi connectivity index (χ2n) is 4.30. The zero-order chi connectivity index (χ0) is 13.9. The summed E-state index contributed by atoms with van der Waals surface area (Å²) in [7, 11) is 0. The van der Waals surface area contributed by atoms with Crippen LogP contribution in [0.15, 0.2) is 18.2 Å². The van der Waals surface area contributed by atoms with Gasteiger partial charge in [0.2, 0.25) is 0 Å². The van der Waals surface area contributed by atoms with E-state index in [9.17, 15) is 14.7 Å². The number of amides is 1. The van der Waals surface area contributed by atoms with E-state index in [1.54, 1.807) is 26.0 Å². The third-order valence-electron chi connectivity index (χ3n) is 2.74. The van der Waals surface area contributed by atoms with Gasteiger partial charge in [-0.1, -0.05) is 18.2 Å². The number of aliphatic hydroxyl groups excluding tert-OH is 1. The number of benzene rings is 1. The van der Waals surface area contributed by atoms with Gasteiger partial charge in [-0.15, -0.1) is 0 Å². The van der Waals surface area contributed by atoms with E-state index in [2.05, 4.69) is 5.32 Å². The van der Waals surface area contributed by atoms with E-state index in [0.717, 1.165) is 11.1 Å². The second-order valence-corrected chi connectivity index (χ2v) is 4.30. The quantitative estimate of drug-likeness (QED) is 0.741. The molecule has 0 bridgehead atoms. The van der Waals surface area contributed by atoms with Crippen molar-refractivity contribution in [1.82, 2.24) is 5.32 Å². The summed E-state index contributed by atoms with van der Waals surface area (Å²) in [6.07, 6.45) is -1.16. The Balaban J connectivity index is 2.98. The fourth-order valence-electron chi connectivity index (χ4n) is 1.77. The van der Waals surface area contributed by atoms with Crippen molar-refractivity contribution >= 4 is 11.9 Å². The minimum absolute atomic E-state index is 0.449. The molecule has 0 radical (unpaired) electrons. The first-order chi connectivity index (χ1) is 8.34. The molecule has 0 aliphatic carbocycles. The smallest absolute Gasteiger partial charge is 0.328 e. The van der Waals surface area contributed by atoms with Gasteiger partial charge in [0.15, 0.2) is 6.04 Å². The normalized spacial score (nSPS) is 13.8. The summed E-state index contributed by atoms with van der Waals surface area (Å²) in [5, 5.41) is 20.6. The first-order valence-corrected chi connectivity index (χ1v) is 5.62. The van der Waals surface area contributed by atoms with Gasteiger partial charge in [0.05, 0.1) is 6.10 Å². The third-order valence-corrected chi connectivity index (χ3v) is 2.74. The van der Waals surface area contributed by atoms with Crippen molar-refractivity contribution in [3.8, 4) is 0 Å². The van der Waals surface area contributed by atoms with Gasteiger partial charge in [0.25, 0.3) is 5.91 Å². The van der Waals surface area contributed by atoms with Crippen LogP contribution in [-0.2, 0) is 4.79 Å². The van der Waals surface area contributed by atoms with E-state index in [1.807, 2.05) is 6.07 Å². The third kappa shape index (κ3) is 3.07. The predicted molar refractivity (Wildman–Crippen MR) is 66.5 cm³/mol. The number of hydrogen-bond donors (Lipinski definition) is 3. The van der Waals surface area contributed by atoms with Crippen LogP contribution >= 0.6 is 0 Å². The molecule has 1 aromatic carbocycles. The standard InChI is InChI=1S/C13H17NO4/c1-7-5-4-6-8(2)10(7)12(16)14-11(9(3)15)13(17)18/h4-6,9,11,15H,1-3H3,(H,14,16)(H,17,18)/t9-,11+/m1/s1. The number of carboxylic acids is 1. The number of rotatable bonds is 4. The van der Waals surface area contributed by atoms with E-state index in [0.29, 0.717) is 5.56 Å². The van der Waals surface area contributed by atoms with Crippen molar-refractivity contribution in [2.75, 3.05) is 0 Å². The molecule has 1 aromatic rings. The molecule has 0 unspecified atom stereocenters. The van der Waals surface area contributed by atoms with Crippen LogP contribution in [0.2, 0.25) is 0 Å². The number of carbonyl (C=O) groups is 2. The maximum absolute atomic E-state index is 12.0. The van der Waals surface area contributed by atoms with Crippen molar-refractivity contribution in [2.45, 2.75) is 32.9 Å². The number of aliphatic carboxylic acids is 1. The monoisotopic (exact) mass is 251 g/mol. The van der Waals surface area contributed by atoms with Gasteiger partial charge in [-0.05, 0) is 31.9 Å². The summed E-state index contributed by atoms with van der Waals surface area (Å²) in [5.74, 6) is -1.75. The molecule has 0 fully saturated rings. The van der Waals surface area contributed by atoms with Crippen molar-refractivity contribution in [1.29, 1.82) is 0 Å². The summed E-state index contributed by atoms with van der Waals surface area (Å²) in [6, 6.07) is 4.07. The number of aliphatic hydroxyl groups is 1. The van der Waals surface area contributed by atoms with Crippen LogP contribution in [0, 0.1) is 13.8 Å². The SMILES string of the molecule is Cc1cccc(C)c1C(=O)N[C@H](C(=O)O)[C@@H](C)O. The molecule has 1 rings (SSSR count). The van der Waals surface area contributed by atoms with Crippen molar-refractivity contribution in [2.24, 2.45) is 0 Å². The summed E-state index contributed by atoms with van der Waals surface area (Å²) < 4.78 is 0. The van der Waals surface area contributed by atoms with Crippen molar-refractivity contribution in [3.05, 3.63) is 34.9 Å². The highest BCUT2D eigenvalue weighted by molar-refractivity contribution is 5.99. The minimum Gasteiger partial charge on any atom is -0.480 e. The van der Waals surface area contributed by atoms with Crippen LogP contribution in [0.1, 0.15) is 28.4 Å². The van der Waals surface area contributed by atoms with Crippen molar-refractivity contribution in [3.63, 3.8) is 0 Å². The molecule has 5 heteroatoms. The molecule has 0 aromatic heterocycles. The number of carbonyl (C=O) groups excluding carboxylic acids is 1. The average molecular weight is 251 g/mol. The van der Waals surface area contributed by atoms with Crippen LogP contribution in [0.25, 0.3) is 0 Å². The van der Waals surface area contributed by atoms with Gasteiger partial charge < -0.3 is 15.5 Å². The zero-order valence-corrected chi connectivity index (χ0v) is 10.6. The van der Waals surface area contributed by atoms with Crippen LogP contribution in [0.4, 0.5) is 0 Å². The molecule has 3 N–H and O–H groups in total. The highest BCUT2D eigenvalue weighted by Crippen LogP contribution is 2.13. The van der Waals surface area contributed by atoms with E-state index in [4.69, 9.17) is 5.11 Å². The molecule has 0 saturated carbocycles. The number of hydrogen-bond acceptors (Lipinski definition) is 3. The topological polar surface area (TPSA) is 86.6 Å². The first-order valence-electron chi connectivity index (χ1n) is 5.62. The highest BCUT2D eigenvalue weighted by Gasteiger charge is 2.26. The first kappa shape index (κ1) is 14.2. The lowest BCUT2D eigenvalue weighted by atomic mass is 10.0. The second kappa shape index (κ2) is 5.64. The fraction of sp³-hybridized carbons (Fsp3) is 0.385. The van der Waals surface area contributed by atoms with E-state index >= 15 is 0 Å². The van der Waals surface area contributed by atoms with Gasteiger partial charge in [-0.25, -0.2) is 4.79 Å². The number of carboxylic acid groups (broad SMARTS) is 1. The Morgan fingerprint density at radius 3 is 2.11 bits per heavy atom. The minimum atomic E-state index is -1.31.